The van der Waals surface area contributed by atoms with Crippen LogP contribution in [-0.4, -0.2) is 18.7 Å². The second-order valence-electron chi connectivity index (χ2n) is 4.15. The van der Waals surface area contributed by atoms with Gasteiger partial charge >= 0.3 is 0 Å². The number of carbonyl (C=O) groups excluding carboxylic acids is 1. The Labute approximate surface area is 136 Å². The molecule has 4 nitrogen and oxygen atoms in total. The number of carbonyl (C=O) groups is 1. The van der Waals surface area contributed by atoms with Crippen molar-refractivity contribution in [2.45, 2.75) is 0 Å². The average molecular weight is 341 g/mol. The average Bonchev–Trinajstić information content (AvgIpc) is 2.49. The van der Waals surface area contributed by atoms with Gasteiger partial charge in [-0.2, -0.15) is 5.10 Å². The van der Waals surface area contributed by atoms with Crippen molar-refractivity contribution in [1.82, 2.24) is 5.43 Å². The van der Waals surface area contributed by atoms with Crippen LogP contribution in [0.2, 0.25) is 10.0 Å². The van der Waals surface area contributed by atoms with Gasteiger partial charge in [0.2, 0.25) is 0 Å². The Balaban J connectivity index is 1.88. The number of nitrogens with one attached hydrogen (secondary N) is 1. The highest BCUT2D eigenvalue weighted by molar-refractivity contribution is 6.33. The molecule has 0 aliphatic heterocycles. The number of para-hydroxylation sites is 1. The monoisotopic (exact) mass is 340 g/mol. The van der Waals surface area contributed by atoms with Crippen molar-refractivity contribution in [3.8, 4) is 5.75 Å². The van der Waals surface area contributed by atoms with Gasteiger partial charge in [0.1, 0.15) is 11.6 Å². The van der Waals surface area contributed by atoms with Gasteiger partial charge in [0.25, 0.3) is 5.91 Å². The van der Waals surface area contributed by atoms with E-state index in [1.165, 1.54) is 18.2 Å². The maximum Gasteiger partial charge on any atom is 0.277 e. The largest absolute Gasteiger partial charge is 0.482 e. The van der Waals surface area contributed by atoms with E-state index in [0.717, 1.165) is 6.21 Å². The molecule has 0 aromatic heterocycles. The third-order valence-electron chi connectivity index (χ3n) is 2.58. The fourth-order valence-corrected chi connectivity index (χ4v) is 1.94. The highest BCUT2D eigenvalue weighted by Gasteiger charge is 2.06. The lowest BCUT2D eigenvalue weighted by Gasteiger charge is -2.06. The highest BCUT2D eigenvalue weighted by Crippen LogP contribution is 2.22. The van der Waals surface area contributed by atoms with E-state index < -0.39 is 11.7 Å². The van der Waals surface area contributed by atoms with Crippen molar-refractivity contribution in [2.75, 3.05) is 6.61 Å². The number of hydrogen-bond acceptors (Lipinski definition) is 3. The van der Waals surface area contributed by atoms with Crippen LogP contribution < -0.4 is 10.2 Å². The van der Waals surface area contributed by atoms with Gasteiger partial charge in [-0.3, -0.25) is 4.79 Å². The van der Waals surface area contributed by atoms with E-state index in [1.807, 2.05) is 0 Å². The lowest BCUT2D eigenvalue weighted by Crippen LogP contribution is -2.24. The van der Waals surface area contributed by atoms with Crippen LogP contribution in [0.5, 0.6) is 5.75 Å². The summed E-state index contributed by atoms with van der Waals surface area (Å²) in [6.07, 6.45) is 1.13. The molecule has 0 spiro atoms. The molecule has 0 aliphatic rings. The molecule has 22 heavy (non-hydrogen) atoms. The molecular weight excluding hydrogens is 330 g/mol. The summed E-state index contributed by atoms with van der Waals surface area (Å²) in [6, 6.07) is 11.0. The molecule has 2 aromatic rings. The van der Waals surface area contributed by atoms with Crippen LogP contribution in [0, 0.1) is 5.82 Å². The van der Waals surface area contributed by atoms with E-state index in [0.29, 0.717) is 10.8 Å². The minimum Gasteiger partial charge on any atom is -0.482 e. The molecule has 1 amide bonds. The molecule has 0 atom stereocenters. The van der Waals surface area contributed by atoms with Crippen LogP contribution >= 0.6 is 23.2 Å². The van der Waals surface area contributed by atoms with Gasteiger partial charge in [-0.1, -0.05) is 41.4 Å². The molecule has 0 aliphatic carbocycles. The zero-order chi connectivity index (χ0) is 15.9. The molecule has 0 bridgehead atoms. The Morgan fingerprint density at radius 1 is 1.18 bits per heavy atom. The summed E-state index contributed by atoms with van der Waals surface area (Å²) in [6.45, 7) is -0.272. The molecule has 0 unspecified atom stereocenters. The fraction of sp³-hybridized carbons (Fsp3) is 0.0667. The molecule has 0 radical (unpaired) electrons. The summed E-state index contributed by atoms with van der Waals surface area (Å²) < 4.78 is 18.7. The van der Waals surface area contributed by atoms with E-state index in [1.54, 1.807) is 24.3 Å². The van der Waals surface area contributed by atoms with Gasteiger partial charge < -0.3 is 4.74 Å². The molecular formula is C15H11Cl2FN2O2. The maximum atomic E-state index is 13.5. The van der Waals surface area contributed by atoms with Gasteiger partial charge in [0, 0.05) is 5.56 Å². The standard InChI is InChI=1S/C15H11Cl2FN2O2/c16-11-5-3-6-13(18)10(11)8-19-20-15(21)9-22-14-7-2-1-4-12(14)17/h1-8H,9H2,(H,20,21)/b19-8+. The molecule has 114 valence electrons. The first-order valence-corrected chi connectivity index (χ1v) is 6.97. The Morgan fingerprint density at radius 2 is 1.91 bits per heavy atom. The second kappa shape index (κ2) is 7.77. The first-order chi connectivity index (χ1) is 10.6. The van der Waals surface area contributed by atoms with Crippen molar-refractivity contribution in [1.29, 1.82) is 0 Å². The van der Waals surface area contributed by atoms with Crippen LogP contribution in [0.25, 0.3) is 0 Å². The van der Waals surface area contributed by atoms with Crippen molar-refractivity contribution in [3.63, 3.8) is 0 Å². The van der Waals surface area contributed by atoms with Crippen LogP contribution in [0.3, 0.4) is 0 Å². The van der Waals surface area contributed by atoms with Gasteiger partial charge in [0.15, 0.2) is 6.61 Å². The third kappa shape index (κ3) is 4.44. The van der Waals surface area contributed by atoms with Crippen molar-refractivity contribution >= 4 is 35.3 Å². The third-order valence-corrected chi connectivity index (χ3v) is 3.22. The first kappa shape index (κ1) is 16.3. The molecule has 7 heteroatoms. The topological polar surface area (TPSA) is 50.7 Å². The second-order valence-corrected chi connectivity index (χ2v) is 4.96. The lowest BCUT2D eigenvalue weighted by molar-refractivity contribution is -0.123. The first-order valence-electron chi connectivity index (χ1n) is 6.21. The highest BCUT2D eigenvalue weighted by atomic mass is 35.5. The van der Waals surface area contributed by atoms with Crippen LogP contribution in [0.1, 0.15) is 5.56 Å². The minimum atomic E-state index is -0.530. The normalized spacial score (nSPS) is 10.7. The summed E-state index contributed by atoms with van der Waals surface area (Å²) >= 11 is 11.7. The molecule has 2 rings (SSSR count). The van der Waals surface area contributed by atoms with Crippen LogP contribution in [0.4, 0.5) is 4.39 Å². The number of rotatable bonds is 5. The van der Waals surface area contributed by atoms with Crippen LogP contribution in [-0.2, 0) is 4.79 Å². The van der Waals surface area contributed by atoms with Gasteiger partial charge in [-0.05, 0) is 24.3 Å². The lowest BCUT2D eigenvalue weighted by atomic mass is 10.2. The quantitative estimate of drug-likeness (QED) is 0.667. The van der Waals surface area contributed by atoms with Gasteiger partial charge in [-0.15, -0.1) is 0 Å². The summed E-state index contributed by atoms with van der Waals surface area (Å²) in [7, 11) is 0. The van der Waals surface area contributed by atoms with E-state index in [4.69, 9.17) is 27.9 Å². The predicted molar refractivity (Wildman–Crippen MR) is 84.1 cm³/mol. The van der Waals surface area contributed by atoms with E-state index >= 15 is 0 Å². The van der Waals surface area contributed by atoms with Crippen molar-refractivity contribution in [2.24, 2.45) is 5.10 Å². The smallest absolute Gasteiger partial charge is 0.277 e. The summed E-state index contributed by atoms with van der Waals surface area (Å²) in [5.41, 5.74) is 2.31. The van der Waals surface area contributed by atoms with E-state index in [-0.39, 0.29) is 17.2 Å². The number of nitrogens with zero attached hydrogens (tertiary/aromatic N) is 1. The van der Waals surface area contributed by atoms with Crippen LogP contribution in [0.15, 0.2) is 47.6 Å². The predicted octanol–water partition coefficient (Wildman–Crippen LogP) is 3.66. The number of amides is 1. The van der Waals surface area contributed by atoms with Gasteiger partial charge in [-0.25, -0.2) is 9.82 Å². The number of hydrogen-bond donors (Lipinski definition) is 1. The summed E-state index contributed by atoms with van der Waals surface area (Å²) in [4.78, 5) is 11.6. The fourth-order valence-electron chi connectivity index (χ4n) is 1.54. The van der Waals surface area contributed by atoms with Crippen molar-refractivity contribution < 1.29 is 13.9 Å². The van der Waals surface area contributed by atoms with Gasteiger partial charge in [0.05, 0.1) is 16.3 Å². The summed E-state index contributed by atoms with van der Waals surface area (Å²) in [5.74, 6) is -0.651. The molecule has 0 saturated carbocycles. The maximum absolute atomic E-state index is 13.5. The Morgan fingerprint density at radius 3 is 2.64 bits per heavy atom. The van der Waals surface area contributed by atoms with Crippen molar-refractivity contribution in [3.05, 3.63) is 63.9 Å². The number of benzene rings is 2. The molecule has 0 heterocycles. The zero-order valence-electron chi connectivity index (χ0n) is 11.2. The Bertz CT molecular complexity index is 687. The minimum absolute atomic E-state index is 0.0940. The number of ether oxygens (including phenoxy) is 1. The number of halogens is 3. The Kier molecular flexibility index (Phi) is 5.75. The SMILES string of the molecule is O=C(COc1ccccc1Cl)N/N=C/c1c(F)cccc1Cl. The Hall–Kier alpha value is -2.11. The van der Waals surface area contributed by atoms with E-state index in [2.05, 4.69) is 10.5 Å². The zero-order valence-corrected chi connectivity index (χ0v) is 12.7. The molecule has 0 fully saturated rings. The molecule has 0 saturated heterocycles. The molecule has 1 N–H and O–H groups in total. The van der Waals surface area contributed by atoms with E-state index in [9.17, 15) is 9.18 Å². The number of hydrazone groups is 1. The summed E-state index contributed by atoms with van der Waals surface area (Å²) in [5, 5.41) is 4.24. The molecule has 2 aromatic carbocycles.